The number of H-pyrrole nitrogens is 1. The number of aryl methyl sites for hydroxylation is 1. The van der Waals surface area contributed by atoms with Gasteiger partial charge in [-0.3, -0.25) is 9.89 Å². The molecule has 0 fully saturated rings. The molecule has 0 unspecified atom stereocenters. The van der Waals surface area contributed by atoms with Gasteiger partial charge in [-0.15, -0.1) is 0 Å². The van der Waals surface area contributed by atoms with E-state index in [1.165, 1.54) is 33.9 Å². The number of hydrogen-bond acceptors (Lipinski definition) is 4. The number of aromatic nitrogens is 4. The molecule has 0 bridgehead atoms. The molecule has 2 aromatic carbocycles. The van der Waals surface area contributed by atoms with Gasteiger partial charge in [0.2, 0.25) is 0 Å². The van der Waals surface area contributed by atoms with Gasteiger partial charge in [-0.1, -0.05) is 18.2 Å². The van der Waals surface area contributed by atoms with Crippen LogP contribution in [0.3, 0.4) is 0 Å². The Morgan fingerprint density at radius 1 is 1.10 bits per heavy atom. The standard InChI is InChI=1S/C22H18FN5O/c1-13-2-3-16(14-4-5-14)10-19(13)24-12-18-11-20(29)28-22(25-18)26-21(27-28)15-6-8-17(23)9-7-15/h2-4,6-11,24H,5,12H2,1H3,(H,25,26,27). The molecular weight excluding hydrogens is 369 g/mol. The van der Waals surface area contributed by atoms with Gasteiger partial charge in [0.25, 0.3) is 11.3 Å². The fourth-order valence-electron chi connectivity index (χ4n) is 3.24. The summed E-state index contributed by atoms with van der Waals surface area (Å²) in [5.74, 6) is 0.411. The SMILES string of the molecule is Cc1ccc(C2=CC2)cc1NCc1cc(=O)n2[nH]c(-c3ccc(F)cc3)nc2n1. The van der Waals surface area contributed by atoms with Crippen LogP contribution in [0, 0.1) is 12.7 Å². The molecule has 0 atom stereocenters. The molecule has 2 heterocycles. The van der Waals surface area contributed by atoms with Crippen molar-refractivity contribution in [2.24, 2.45) is 0 Å². The predicted octanol–water partition coefficient (Wildman–Crippen LogP) is 3.93. The van der Waals surface area contributed by atoms with Crippen LogP contribution in [0.1, 0.15) is 23.2 Å². The first-order valence-corrected chi connectivity index (χ1v) is 9.35. The van der Waals surface area contributed by atoms with Gasteiger partial charge in [0.05, 0.1) is 12.2 Å². The number of nitrogens with one attached hydrogen (secondary N) is 2. The number of halogens is 1. The van der Waals surface area contributed by atoms with Gasteiger partial charge in [-0.2, -0.15) is 9.50 Å². The Morgan fingerprint density at radius 3 is 2.62 bits per heavy atom. The third-order valence-electron chi connectivity index (χ3n) is 4.98. The van der Waals surface area contributed by atoms with Crippen molar-refractivity contribution in [3.63, 3.8) is 0 Å². The van der Waals surface area contributed by atoms with Crippen LogP contribution in [0.25, 0.3) is 22.7 Å². The number of allylic oxidation sites excluding steroid dienone is 2. The summed E-state index contributed by atoms with van der Waals surface area (Å²) in [4.78, 5) is 21.4. The molecule has 2 N–H and O–H groups in total. The minimum Gasteiger partial charge on any atom is -0.379 e. The Bertz CT molecular complexity index is 1320. The van der Waals surface area contributed by atoms with E-state index in [4.69, 9.17) is 0 Å². The van der Waals surface area contributed by atoms with Gasteiger partial charge in [0.15, 0.2) is 5.82 Å². The molecule has 0 amide bonds. The lowest BCUT2D eigenvalue weighted by molar-refractivity contribution is 0.628. The van der Waals surface area contributed by atoms with E-state index >= 15 is 0 Å². The van der Waals surface area contributed by atoms with Crippen LogP contribution in [0.4, 0.5) is 10.1 Å². The average molecular weight is 387 g/mol. The molecule has 144 valence electrons. The smallest absolute Gasteiger partial charge is 0.274 e. The third-order valence-corrected chi connectivity index (χ3v) is 4.98. The van der Waals surface area contributed by atoms with Crippen LogP contribution in [-0.4, -0.2) is 19.6 Å². The number of benzene rings is 2. The molecule has 2 aromatic heterocycles. The van der Waals surface area contributed by atoms with Crippen LogP contribution < -0.4 is 10.9 Å². The summed E-state index contributed by atoms with van der Waals surface area (Å²) in [5.41, 5.74) is 5.76. The lowest BCUT2D eigenvalue weighted by Crippen LogP contribution is -2.17. The van der Waals surface area contributed by atoms with E-state index in [1.54, 1.807) is 12.1 Å². The molecule has 0 saturated carbocycles. The van der Waals surface area contributed by atoms with Crippen LogP contribution in [0.2, 0.25) is 0 Å². The maximum absolute atomic E-state index is 13.1. The number of aromatic amines is 1. The first kappa shape index (κ1) is 17.4. The van der Waals surface area contributed by atoms with Crippen LogP contribution >= 0.6 is 0 Å². The minimum atomic E-state index is -0.328. The highest BCUT2D eigenvalue weighted by Gasteiger charge is 2.13. The lowest BCUT2D eigenvalue weighted by atomic mass is 10.1. The van der Waals surface area contributed by atoms with Crippen molar-refractivity contribution < 1.29 is 4.39 Å². The first-order valence-electron chi connectivity index (χ1n) is 9.35. The zero-order valence-corrected chi connectivity index (χ0v) is 15.7. The number of rotatable bonds is 5. The zero-order chi connectivity index (χ0) is 20.0. The monoisotopic (exact) mass is 387 g/mol. The van der Waals surface area contributed by atoms with E-state index in [-0.39, 0.29) is 17.2 Å². The Balaban J connectivity index is 1.42. The van der Waals surface area contributed by atoms with Gasteiger partial charge in [-0.05, 0) is 60.4 Å². The summed E-state index contributed by atoms with van der Waals surface area (Å²) >= 11 is 0. The summed E-state index contributed by atoms with van der Waals surface area (Å²) in [6.07, 6.45) is 3.24. The topological polar surface area (TPSA) is 75.1 Å². The fraction of sp³-hybridized carbons (Fsp3) is 0.136. The Kier molecular flexibility index (Phi) is 4.01. The van der Waals surface area contributed by atoms with E-state index in [9.17, 15) is 9.18 Å². The minimum absolute atomic E-state index is 0.249. The highest BCUT2D eigenvalue weighted by atomic mass is 19.1. The van der Waals surface area contributed by atoms with Crippen molar-refractivity contribution >= 4 is 17.0 Å². The second-order valence-electron chi connectivity index (χ2n) is 7.12. The van der Waals surface area contributed by atoms with Gasteiger partial charge >= 0.3 is 0 Å². The zero-order valence-electron chi connectivity index (χ0n) is 15.7. The molecular formula is C22H18FN5O. The van der Waals surface area contributed by atoms with E-state index in [0.29, 0.717) is 23.6 Å². The normalized spacial score (nSPS) is 12.8. The molecule has 1 aliphatic rings. The highest BCUT2D eigenvalue weighted by Crippen LogP contribution is 2.33. The molecule has 0 spiro atoms. The fourth-order valence-corrected chi connectivity index (χ4v) is 3.24. The first-order chi connectivity index (χ1) is 14.1. The van der Waals surface area contributed by atoms with Crippen molar-refractivity contribution in [3.05, 3.63) is 87.6 Å². The van der Waals surface area contributed by atoms with E-state index in [2.05, 4.69) is 44.7 Å². The molecule has 5 rings (SSSR count). The van der Waals surface area contributed by atoms with Crippen molar-refractivity contribution in [2.75, 3.05) is 5.32 Å². The van der Waals surface area contributed by atoms with Gasteiger partial charge in [-0.25, -0.2) is 9.37 Å². The average Bonchev–Trinajstić information content (AvgIpc) is 3.47. The third kappa shape index (κ3) is 3.42. The van der Waals surface area contributed by atoms with Crippen molar-refractivity contribution in [1.29, 1.82) is 0 Å². The number of anilines is 1. The molecule has 0 aliphatic heterocycles. The molecule has 7 heteroatoms. The maximum atomic E-state index is 13.1. The molecule has 29 heavy (non-hydrogen) atoms. The number of hydrogen-bond donors (Lipinski definition) is 2. The molecule has 0 saturated heterocycles. The summed E-state index contributed by atoms with van der Waals surface area (Å²) in [7, 11) is 0. The van der Waals surface area contributed by atoms with Gasteiger partial charge in [0.1, 0.15) is 5.82 Å². The van der Waals surface area contributed by atoms with Crippen LogP contribution in [0.15, 0.2) is 59.4 Å². The van der Waals surface area contributed by atoms with Gasteiger partial charge < -0.3 is 5.32 Å². The number of nitrogens with zero attached hydrogens (tertiary/aromatic N) is 3. The van der Waals surface area contributed by atoms with Crippen molar-refractivity contribution in [3.8, 4) is 11.4 Å². The second kappa shape index (κ2) is 6.70. The largest absolute Gasteiger partial charge is 0.379 e. The van der Waals surface area contributed by atoms with E-state index in [1.807, 2.05) is 6.92 Å². The molecule has 0 radical (unpaired) electrons. The number of fused-ring (bicyclic) bond motifs is 1. The maximum Gasteiger partial charge on any atom is 0.274 e. The van der Waals surface area contributed by atoms with E-state index in [0.717, 1.165) is 17.7 Å². The second-order valence-corrected chi connectivity index (χ2v) is 7.12. The molecule has 6 nitrogen and oxygen atoms in total. The van der Waals surface area contributed by atoms with Crippen molar-refractivity contribution in [1.82, 2.24) is 19.6 Å². The Labute approximate surface area is 165 Å². The van der Waals surface area contributed by atoms with Crippen molar-refractivity contribution in [2.45, 2.75) is 19.9 Å². The highest BCUT2D eigenvalue weighted by molar-refractivity contribution is 5.79. The summed E-state index contributed by atoms with van der Waals surface area (Å²) in [6, 6.07) is 13.7. The molecule has 4 aromatic rings. The van der Waals surface area contributed by atoms with Gasteiger partial charge in [0, 0.05) is 17.3 Å². The lowest BCUT2D eigenvalue weighted by Gasteiger charge is -2.10. The van der Waals surface area contributed by atoms with Crippen LogP contribution in [-0.2, 0) is 6.54 Å². The summed E-state index contributed by atoms with van der Waals surface area (Å²) in [6.45, 7) is 2.45. The summed E-state index contributed by atoms with van der Waals surface area (Å²) < 4.78 is 14.4. The Morgan fingerprint density at radius 2 is 1.86 bits per heavy atom. The predicted molar refractivity (Wildman–Crippen MR) is 110 cm³/mol. The van der Waals surface area contributed by atoms with E-state index < -0.39 is 0 Å². The Hall–Kier alpha value is -3.74. The van der Waals surface area contributed by atoms with Crippen LogP contribution in [0.5, 0.6) is 0 Å². The molecule has 1 aliphatic carbocycles. The quantitative estimate of drug-likeness (QED) is 0.544. The summed E-state index contributed by atoms with van der Waals surface area (Å²) in [5, 5.41) is 6.29.